The fourth-order valence-corrected chi connectivity index (χ4v) is 3.54. The van der Waals surface area contributed by atoms with E-state index in [1.165, 1.54) is 0 Å². The van der Waals surface area contributed by atoms with Crippen molar-refractivity contribution < 1.29 is 9.59 Å². The average molecular weight is 356 g/mol. The maximum atomic E-state index is 12.0. The largest absolute Gasteiger partial charge is 0.366 e. The Kier molecular flexibility index (Phi) is 3.92. The summed E-state index contributed by atoms with van der Waals surface area (Å²) in [5.74, 6) is -0.927. The number of rotatable bonds is 4. The van der Waals surface area contributed by atoms with Crippen LogP contribution in [0.1, 0.15) is 31.8 Å². The van der Waals surface area contributed by atoms with E-state index in [4.69, 9.17) is 11.5 Å². The molecule has 1 aromatic heterocycles. The minimum Gasteiger partial charge on any atom is -0.366 e. The molecule has 0 aliphatic heterocycles. The number of hydrogen-bond donors (Lipinski definition) is 2. The fraction of sp³-hybridized carbons (Fsp3) is 0.0909. The first kappa shape index (κ1) is 16.8. The van der Waals surface area contributed by atoms with Gasteiger partial charge in [-0.05, 0) is 54.4 Å². The molecule has 4 rings (SSSR count). The predicted molar refractivity (Wildman–Crippen MR) is 106 cm³/mol. The third kappa shape index (κ3) is 2.83. The highest BCUT2D eigenvalue weighted by Gasteiger charge is 2.17. The van der Waals surface area contributed by atoms with Gasteiger partial charge in [0.2, 0.25) is 11.8 Å². The van der Waals surface area contributed by atoms with Gasteiger partial charge in [0.05, 0.1) is 11.0 Å². The molecule has 4 N–H and O–H groups in total. The summed E-state index contributed by atoms with van der Waals surface area (Å²) in [6.45, 7) is 2.53. The Morgan fingerprint density at radius 3 is 2.52 bits per heavy atom. The molecule has 1 radical (unpaired) electrons. The number of nitrogens with zero attached hydrogens (tertiary/aromatic N) is 1. The number of primary amides is 2. The predicted octanol–water partition coefficient (Wildman–Crippen LogP) is 3.15. The van der Waals surface area contributed by atoms with Crippen molar-refractivity contribution in [3.63, 3.8) is 0 Å². The smallest absolute Gasteiger partial charge is 0.249 e. The number of hydrogen-bond acceptors (Lipinski definition) is 2. The van der Waals surface area contributed by atoms with Crippen LogP contribution in [-0.4, -0.2) is 16.4 Å². The van der Waals surface area contributed by atoms with Crippen LogP contribution < -0.4 is 11.5 Å². The van der Waals surface area contributed by atoms with Crippen LogP contribution in [0, 0.1) is 13.0 Å². The molecule has 0 unspecified atom stereocenters. The maximum Gasteiger partial charge on any atom is 0.249 e. The van der Waals surface area contributed by atoms with Crippen LogP contribution in [0.5, 0.6) is 0 Å². The first-order valence-corrected chi connectivity index (χ1v) is 8.57. The van der Waals surface area contributed by atoms with Crippen molar-refractivity contribution in [3.05, 3.63) is 82.9 Å². The van der Waals surface area contributed by atoms with Crippen LogP contribution in [0.15, 0.2) is 54.6 Å². The van der Waals surface area contributed by atoms with Gasteiger partial charge in [0, 0.05) is 28.4 Å². The van der Waals surface area contributed by atoms with Gasteiger partial charge in [-0.3, -0.25) is 9.59 Å². The Morgan fingerprint density at radius 2 is 1.78 bits per heavy atom. The van der Waals surface area contributed by atoms with E-state index in [0.717, 1.165) is 32.9 Å². The Labute approximate surface area is 156 Å². The second kappa shape index (κ2) is 6.29. The molecule has 3 aromatic carbocycles. The van der Waals surface area contributed by atoms with Gasteiger partial charge >= 0.3 is 0 Å². The van der Waals surface area contributed by atoms with Gasteiger partial charge in [-0.1, -0.05) is 24.3 Å². The highest BCUT2D eigenvalue weighted by molar-refractivity contribution is 6.17. The molecule has 0 spiro atoms. The standard InChI is InChI=1S/C22H18N3O2/c1-13-8-9-16-19(10-13)25(12-14-4-2-5-15(11-14)21(23)26)18-7-3-6-17(20(16)18)22(24)27/h2-8,10-11H,12H2,1H3,(H2,23,26)(H2,24,27). The molecule has 0 aliphatic rings. The zero-order valence-corrected chi connectivity index (χ0v) is 14.8. The SMILES string of the molecule is Cc1c[c]c2c3c(C(N)=O)cccc3n(Cc3cccc(C(N)=O)c3)c2c1. The summed E-state index contributed by atoms with van der Waals surface area (Å²) in [6, 6.07) is 20.0. The quantitative estimate of drug-likeness (QED) is 0.588. The van der Waals surface area contributed by atoms with Crippen LogP contribution in [0.4, 0.5) is 0 Å². The first-order chi connectivity index (χ1) is 13.0. The average Bonchev–Trinajstić information content (AvgIpc) is 2.95. The van der Waals surface area contributed by atoms with Crippen molar-refractivity contribution in [1.29, 1.82) is 0 Å². The molecule has 2 amide bonds. The zero-order valence-electron chi connectivity index (χ0n) is 14.8. The van der Waals surface area contributed by atoms with E-state index >= 15 is 0 Å². The van der Waals surface area contributed by atoms with E-state index < -0.39 is 11.8 Å². The van der Waals surface area contributed by atoms with E-state index in [9.17, 15) is 9.59 Å². The number of amides is 2. The summed E-state index contributed by atoms with van der Waals surface area (Å²) in [5.41, 5.74) is 15.8. The summed E-state index contributed by atoms with van der Waals surface area (Å²) >= 11 is 0. The van der Waals surface area contributed by atoms with E-state index in [1.54, 1.807) is 18.2 Å². The van der Waals surface area contributed by atoms with Crippen LogP contribution in [0.25, 0.3) is 21.8 Å². The van der Waals surface area contributed by atoms with Gasteiger partial charge < -0.3 is 16.0 Å². The van der Waals surface area contributed by atoms with Crippen molar-refractivity contribution in [2.24, 2.45) is 11.5 Å². The van der Waals surface area contributed by atoms with Crippen molar-refractivity contribution in [3.8, 4) is 0 Å². The lowest BCUT2D eigenvalue weighted by molar-refractivity contribution is 0.0992. The number of nitrogens with two attached hydrogens (primary N) is 2. The third-order valence-electron chi connectivity index (χ3n) is 4.76. The van der Waals surface area contributed by atoms with Gasteiger partial charge in [-0.15, -0.1) is 0 Å². The molecule has 5 nitrogen and oxygen atoms in total. The zero-order chi connectivity index (χ0) is 19.1. The van der Waals surface area contributed by atoms with E-state index in [2.05, 4.69) is 16.7 Å². The minimum absolute atomic E-state index is 0.459. The normalized spacial score (nSPS) is 11.1. The Morgan fingerprint density at radius 1 is 1.00 bits per heavy atom. The molecular weight excluding hydrogens is 338 g/mol. The van der Waals surface area contributed by atoms with Gasteiger partial charge in [-0.25, -0.2) is 0 Å². The summed E-state index contributed by atoms with van der Waals surface area (Å²) < 4.78 is 2.11. The summed E-state index contributed by atoms with van der Waals surface area (Å²) in [4.78, 5) is 23.5. The van der Waals surface area contributed by atoms with Crippen molar-refractivity contribution in [2.75, 3.05) is 0 Å². The van der Waals surface area contributed by atoms with Crippen LogP contribution in [0.2, 0.25) is 0 Å². The van der Waals surface area contributed by atoms with Gasteiger partial charge in [0.15, 0.2) is 0 Å². The molecule has 0 saturated heterocycles. The minimum atomic E-state index is -0.468. The van der Waals surface area contributed by atoms with Gasteiger partial charge in [0.25, 0.3) is 0 Å². The number of aryl methyl sites for hydroxylation is 1. The number of carbonyl (C=O) groups excluding carboxylic acids is 2. The second-order valence-electron chi connectivity index (χ2n) is 6.65. The molecule has 5 heteroatoms. The van der Waals surface area contributed by atoms with Crippen molar-refractivity contribution in [1.82, 2.24) is 4.57 Å². The van der Waals surface area contributed by atoms with Gasteiger partial charge in [0.1, 0.15) is 0 Å². The van der Waals surface area contributed by atoms with Crippen LogP contribution in [0.3, 0.4) is 0 Å². The Balaban J connectivity index is 2.00. The molecule has 0 saturated carbocycles. The highest BCUT2D eigenvalue weighted by atomic mass is 16.1. The Hall–Kier alpha value is -3.60. The lowest BCUT2D eigenvalue weighted by atomic mass is 10.1. The summed E-state index contributed by atoms with van der Waals surface area (Å²) in [6.07, 6.45) is 0. The topological polar surface area (TPSA) is 91.1 Å². The van der Waals surface area contributed by atoms with Crippen LogP contribution in [-0.2, 0) is 6.54 Å². The first-order valence-electron chi connectivity index (χ1n) is 8.57. The van der Waals surface area contributed by atoms with E-state index in [-0.39, 0.29) is 0 Å². The van der Waals surface area contributed by atoms with Crippen LogP contribution >= 0.6 is 0 Å². The molecule has 27 heavy (non-hydrogen) atoms. The van der Waals surface area contributed by atoms with Crippen molar-refractivity contribution in [2.45, 2.75) is 13.5 Å². The molecule has 0 fully saturated rings. The number of benzene rings is 3. The number of fused-ring (bicyclic) bond motifs is 3. The van der Waals surface area contributed by atoms with Crippen molar-refractivity contribution >= 4 is 33.6 Å². The molecule has 1 heterocycles. The lowest BCUT2D eigenvalue weighted by Crippen LogP contribution is -2.12. The summed E-state index contributed by atoms with van der Waals surface area (Å²) in [5, 5.41) is 1.65. The number of aromatic nitrogens is 1. The fourth-order valence-electron chi connectivity index (χ4n) is 3.54. The molecule has 0 atom stereocenters. The molecular formula is C22H18N3O2. The summed E-state index contributed by atoms with van der Waals surface area (Å²) in [7, 11) is 0. The molecule has 0 bridgehead atoms. The maximum absolute atomic E-state index is 12.0. The molecule has 4 aromatic rings. The van der Waals surface area contributed by atoms with E-state index in [1.807, 2.05) is 37.3 Å². The number of carbonyl (C=O) groups is 2. The molecule has 0 aliphatic carbocycles. The lowest BCUT2D eigenvalue weighted by Gasteiger charge is -2.09. The Bertz CT molecular complexity index is 1220. The monoisotopic (exact) mass is 356 g/mol. The van der Waals surface area contributed by atoms with Gasteiger partial charge in [-0.2, -0.15) is 0 Å². The third-order valence-corrected chi connectivity index (χ3v) is 4.76. The van der Waals surface area contributed by atoms with E-state index in [0.29, 0.717) is 17.7 Å². The second-order valence-corrected chi connectivity index (χ2v) is 6.65. The molecule has 133 valence electrons. The highest BCUT2D eigenvalue weighted by Crippen LogP contribution is 2.32.